The lowest BCUT2D eigenvalue weighted by Crippen LogP contribution is -2.52. The van der Waals surface area contributed by atoms with Crippen LogP contribution in [0.15, 0.2) is 48.5 Å². The summed E-state index contributed by atoms with van der Waals surface area (Å²) in [6.07, 6.45) is -2.87. The molecular formula is C24H26F2N2O5S. The van der Waals surface area contributed by atoms with Gasteiger partial charge in [-0.05, 0) is 40.7 Å². The third-order valence-corrected chi connectivity index (χ3v) is 6.23. The van der Waals surface area contributed by atoms with E-state index >= 15 is 0 Å². The van der Waals surface area contributed by atoms with Crippen LogP contribution in [0, 0.1) is 0 Å². The second-order valence-electron chi connectivity index (χ2n) is 7.85. The van der Waals surface area contributed by atoms with Crippen molar-refractivity contribution in [3.8, 4) is 11.1 Å². The Labute approximate surface area is 200 Å². The van der Waals surface area contributed by atoms with Gasteiger partial charge in [0, 0.05) is 5.92 Å². The van der Waals surface area contributed by atoms with Crippen LogP contribution in [-0.2, 0) is 14.3 Å². The molecule has 3 rings (SSSR count). The van der Waals surface area contributed by atoms with Crippen molar-refractivity contribution in [2.45, 2.75) is 37.3 Å². The molecule has 0 aromatic heterocycles. The Morgan fingerprint density at radius 1 is 1.03 bits per heavy atom. The molecule has 0 radical (unpaired) electrons. The van der Waals surface area contributed by atoms with E-state index in [1.807, 2.05) is 53.8 Å². The van der Waals surface area contributed by atoms with Gasteiger partial charge >= 0.3 is 12.1 Å². The van der Waals surface area contributed by atoms with Crippen LogP contribution in [0.4, 0.5) is 13.6 Å². The molecule has 2 unspecified atom stereocenters. The fourth-order valence-electron chi connectivity index (χ4n) is 3.96. The molecule has 1 aliphatic carbocycles. The molecule has 1 aliphatic rings. The summed E-state index contributed by atoms with van der Waals surface area (Å²) in [5, 5.41) is 13.3. The number of fused-ring (bicyclic) bond motifs is 3. The van der Waals surface area contributed by atoms with Gasteiger partial charge in [0.15, 0.2) is 0 Å². The van der Waals surface area contributed by atoms with Gasteiger partial charge in [0.2, 0.25) is 5.91 Å². The Kier molecular flexibility index (Phi) is 8.86. The Morgan fingerprint density at radius 3 is 2.15 bits per heavy atom. The van der Waals surface area contributed by atoms with E-state index < -0.39 is 42.9 Å². The highest BCUT2D eigenvalue weighted by Crippen LogP contribution is 2.44. The Morgan fingerprint density at radius 2 is 1.62 bits per heavy atom. The number of nitrogens with one attached hydrogen (secondary N) is 2. The number of rotatable bonds is 11. The average Bonchev–Trinajstić information content (AvgIpc) is 3.13. The standard InChI is InChI=1S/C24H26F2N2O5S/c1-34-11-10-19(23(31)27-20(22(25)26)12-21(29)30)28-24(32)33-13-18-16-8-4-2-6-14(16)15-7-3-5-9-17(15)18/h2-9,18-20,22H,10-13H2,1H3,(H,27,31)(H,28,32)(H,29,30). The Hall–Kier alpha value is -3.14. The number of carboxylic acids is 1. The van der Waals surface area contributed by atoms with Crippen LogP contribution in [0.1, 0.15) is 29.9 Å². The van der Waals surface area contributed by atoms with Crippen LogP contribution in [0.2, 0.25) is 0 Å². The van der Waals surface area contributed by atoms with E-state index in [0.717, 1.165) is 22.3 Å². The molecule has 10 heteroatoms. The summed E-state index contributed by atoms with van der Waals surface area (Å²) in [7, 11) is 0. The zero-order valence-corrected chi connectivity index (χ0v) is 19.3. The first-order chi connectivity index (χ1) is 16.3. The number of carbonyl (C=O) groups is 3. The second-order valence-corrected chi connectivity index (χ2v) is 8.84. The molecule has 2 aromatic rings. The van der Waals surface area contributed by atoms with Crippen LogP contribution in [0.3, 0.4) is 0 Å². The predicted molar refractivity (Wildman–Crippen MR) is 125 cm³/mol. The number of ether oxygens (including phenoxy) is 1. The topological polar surface area (TPSA) is 105 Å². The van der Waals surface area contributed by atoms with Crippen molar-refractivity contribution in [2.75, 3.05) is 18.6 Å². The van der Waals surface area contributed by atoms with E-state index in [0.29, 0.717) is 5.75 Å². The summed E-state index contributed by atoms with van der Waals surface area (Å²) in [4.78, 5) is 35.9. The summed E-state index contributed by atoms with van der Waals surface area (Å²) in [6.45, 7) is 0.0371. The maximum atomic E-state index is 13.1. The molecule has 3 N–H and O–H groups in total. The van der Waals surface area contributed by atoms with Crippen LogP contribution >= 0.6 is 11.8 Å². The first-order valence-corrected chi connectivity index (χ1v) is 12.1. The molecule has 0 fully saturated rings. The zero-order valence-electron chi connectivity index (χ0n) is 18.5. The van der Waals surface area contributed by atoms with Gasteiger partial charge in [-0.2, -0.15) is 11.8 Å². The first-order valence-electron chi connectivity index (χ1n) is 10.7. The number of amides is 2. The summed E-state index contributed by atoms with van der Waals surface area (Å²) in [6, 6.07) is 12.7. The van der Waals surface area contributed by atoms with Gasteiger partial charge in [-0.15, -0.1) is 0 Å². The summed E-state index contributed by atoms with van der Waals surface area (Å²) < 4.78 is 31.7. The fraction of sp³-hybridized carbons (Fsp3) is 0.375. The van der Waals surface area contributed by atoms with E-state index in [-0.39, 0.29) is 18.9 Å². The van der Waals surface area contributed by atoms with Crippen molar-refractivity contribution >= 4 is 29.7 Å². The zero-order chi connectivity index (χ0) is 24.7. The molecular weight excluding hydrogens is 466 g/mol. The van der Waals surface area contributed by atoms with Crippen LogP contribution in [0.25, 0.3) is 11.1 Å². The third-order valence-electron chi connectivity index (χ3n) is 5.59. The maximum Gasteiger partial charge on any atom is 0.407 e. The minimum atomic E-state index is -3.06. The van der Waals surface area contributed by atoms with Crippen LogP contribution in [0.5, 0.6) is 0 Å². The van der Waals surface area contributed by atoms with Gasteiger partial charge in [0.1, 0.15) is 18.7 Å². The van der Waals surface area contributed by atoms with E-state index in [9.17, 15) is 23.2 Å². The van der Waals surface area contributed by atoms with Crippen molar-refractivity contribution < 1.29 is 33.0 Å². The molecule has 0 heterocycles. The number of alkyl halides is 2. The smallest absolute Gasteiger partial charge is 0.407 e. The van der Waals surface area contributed by atoms with Crippen molar-refractivity contribution in [3.63, 3.8) is 0 Å². The average molecular weight is 493 g/mol. The highest BCUT2D eigenvalue weighted by Gasteiger charge is 2.31. The molecule has 0 spiro atoms. The van der Waals surface area contributed by atoms with Crippen molar-refractivity contribution in [2.24, 2.45) is 0 Å². The summed E-state index contributed by atoms with van der Waals surface area (Å²) >= 11 is 1.41. The van der Waals surface area contributed by atoms with Gasteiger partial charge in [-0.25, -0.2) is 13.6 Å². The third kappa shape index (κ3) is 6.25. The highest BCUT2D eigenvalue weighted by molar-refractivity contribution is 7.98. The van der Waals surface area contributed by atoms with Crippen molar-refractivity contribution in [3.05, 3.63) is 59.7 Å². The van der Waals surface area contributed by atoms with E-state index in [1.165, 1.54) is 11.8 Å². The van der Waals surface area contributed by atoms with Gasteiger partial charge < -0.3 is 20.5 Å². The molecule has 0 bridgehead atoms. The first kappa shape index (κ1) is 25.5. The van der Waals surface area contributed by atoms with Crippen molar-refractivity contribution in [1.82, 2.24) is 10.6 Å². The molecule has 2 atom stereocenters. The molecule has 0 saturated carbocycles. The number of aliphatic carboxylic acids is 1. The largest absolute Gasteiger partial charge is 0.481 e. The number of benzene rings is 2. The SMILES string of the molecule is CSCCC(NC(=O)OCC1c2ccccc2-c2ccccc21)C(=O)NC(CC(=O)O)C(F)F. The minimum Gasteiger partial charge on any atom is -0.481 e. The lowest BCUT2D eigenvalue weighted by atomic mass is 9.98. The fourth-order valence-corrected chi connectivity index (χ4v) is 4.43. The lowest BCUT2D eigenvalue weighted by Gasteiger charge is -2.22. The van der Waals surface area contributed by atoms with Crippen LogP contribution < -0.4 is 10.6 Å². The van der Waals surface area contributed by atoms with E-state index in [4.69, 9.17) is 9.84 Å². The number of halogens is 2. The molecule has 0 aliphatic heterocycles. The van der Waals surface area contributed by atoms with Crippen molar-refractivity contribution in [1.29, 1.82) is 0 Å². The normalized spacial score (nSPS) is 14.1. The summed E-state index contributed by atoms with van der Waals surface area (Å²) in [5.41, 5.74) is 4.20. The number of hydrogen-bond donors (Lipinski definition) is 3. The maximum absolute atomic E-state index is 13.1. The molecule has 34 heavy (non-hydrogen) atoms. The second kappa shape index (κ2) is 11.8. The minimum absolute atomic E-state index is 0.0371. The molecule has 0 saturated heterocycles. The van der Waals surface area contributed by atoms with E-state index in [2.05, 4.69) is 5.32 Å². The lowest BCUT2D eigenvalue weighted by molar-refractivity contribution is -0.139. The number of hydrogen-bond acceptors (Lipinski definition) is 5. The van der Waals surface area contributed by atoms with Gasteiger partial charge in [0.25, 0.3) is 6.43 Å². The monoisotopic (exact) mass is 492 g/mol. The summed E-state index contributed by atoms with van der Waals surface area (Å²) in [5.74, 6) is -2.04. The molecule has 7 nitrogen and oxygen atoms in total. The highest BCUT2D eigenvalue weighted by atomic mass is 32.2. The quantitative estimate of drug-likeness (QED) is 0.440. The number of carbonyl (C=O) groups excluding carboxylic acids is 2. The molecule has 2 aromatic carbocycles. The molecule has 2 amide bonds. The predicted octanol–water partition coefficient (Wildman–Crippen LogP) is 3.87. The van der Waals surface area contributed by atoms with Gasteiger partial charge in [-0.1, -0.05) is 48.5 Å². The Balaban J connectivity index is 1.65. The van der Waals surface area contributed by atoms with Crippen LogP contribution in [-0.4, -0.2) is 60.2 Å². The number of thioether (sulfide) groups is 1. The number of carboxylic acid groups (broad SMARTS) is 1. The molecule has 182 valence electrons. The van der Waals surface area contributed by atoms with Gasteiger partial charge in [0.05, 0.1) is 6.42 Å². The Bertz CT molecular complexity index is 990. The van der Waals surface area contributed by atoms with E-state index in [1.54, 1.807) is 6.26 Å². The van der Waals surface area contributed by atoms with Gasteiger partial charge in [-0.3, -0.25) is 9.59 Å². The number of alkyl carbamates (subject to hydrolysis) is 1.